The first-order chi connectivity index (χ1) is 9.79. The molecule has 0 spiro atoms. The van der Waals surface area contributed by atoms with Gasteiger partial charge in [-0.05, 0) is 39.3 Å². The zero-order chi connectivity index (χ0) is 16.0. The number of carboxylic acid groups (broad SMARTS) is 1. The molecular weight excluding hydrogens is 270 g/mol. The molecule has 0 saturated heterocycles. The highest BCUT2D eigenvalue weighted by atomic mass is 16.4. The molecule has 21 heavy (non-hydrogen) atoms. The second kappa shape index (κ2) is 8.22. The lowest BCUT2D eigenvalue weighted by molar-refractivity contribution is -0.137. The van der Waals surface area contributed by atoms with Crippen molar-refractivity contribution >= 4 is 12.0 Å². The summed E-state index contributed by atoms with van der Waals surface area (Å²) in [7, 11) is 3.98. The van der Waals surface area contributed by atoms with Crippen molar-refractivity contribution in [2.45, 2.75) is 51.6 Å². The summed E-state index contributed by atoms with van der Waals surface area (Å²) in [6.45, 7) is 5.36. The zero-order valence-electron chi connectivity index (χ0n) is 13.6. The van der Waals surface area contributed by atoms with Gasteiger partial charge in [0.15, 0.2) is 0 Å². The molecular formula is C15H29N3O3. The molecule has 1 fully saturated rings. The molecule has 0 aromatic heterocycles. The number of nitrogens with one attached hydrogen (secondary N) is 1. The molecule has 0 bridgehead atoms. The lowest BCUT2D eigenvalue weighted by Crippen LogP contribution is -2.49. The molecule has 2 N–H and O–H groups in total. The molecule has 122 valence electrons. The summed E-state index contributed by atoms with van der Waals surface area (Å²) in [5, 5.41) is 11.9. The zero-order valence-corrected chi connectivity index (χ0v) is 13.6. The number of aliphatic carboxylic acids is 1. The van der Waals surface area contributed by atoms with Gasteiger partial charge in [-0.2, -0.15) is 0 Å². The van der Waals surface area contributed by atoms with Gasteiger partial charge in [-0.1, -0.05) is 13.8 Å². The molecule has 0 aliphatic heterocycles. The van der Waals surface area contributed by atoms with Gasteiger partial charge in [0.2, 0.25) is 0 Å². The molecule has 1 saturated carbocycles. The maximum absolute atomic E-state index is 12.4. The number of rotatable bonds is 9. The Morgan fingerprint density at radius 3 is 2.33 bits per heavy atom. The summed E-state index contributed by atoms with van der Waals surface area (Å²) in [4.78, 5) is 26.9. The molecule has 6 nitrogen and oxygen atoms in total. The Hall–Kier alpha value is -1.30. The summed E-state index contributed by atoms with van der Waals surface area (Å²) in [6.07, 6.45) is 2.89. The molecule has 1 unspecified atom stereocenters. The van der Waals surface area contributed by atoms with Crippen LogP contribution in [0.25, 0.3) is 0 Å². The number of carboxylic acids is 1. The van der Waals surface area contributed by atoms with Crippen LogP contribution in [0.3, 0.4) is 0 Å². The minimum atomic E-state index is -0.861. The molecule has 0 aromatic carbocycles. The number of hydrogen-bond donors (Lipinski definition) is 2. The highest BCUT2D eigenvalue weighted by Crippen LogP contribution is 2.27. The Labute approximate surface area is 127 Å². The van der Waals surface area contributed by atoms with Gasteiger partial charge in [-0.25, -0.2) is 4.79 Å². The van der Waals surface area contributed by atoms with Gasteiger partial charge in [0.1, 0.15) is 0 Å². The van der Waals surface area contributed by atoms with Gasteiger partial charge in [0, 0.05) is 25.2 Å². The SMILES string of the molecule is CC(C)CC(CN(C)C)NC(=O)N(CCC(=O)O)C1CC1. The summed E-state index contributed by atoms with van der Waals surface area (Å²) in [5.41, 5.74) is 0. The van der Waals surface area contributed by atoms with E-state index in [2.05, 4.69) is 24.1 Å². The third-order valence-electron chi connectivity index (χ3n) is 3.48. The summed E-state index contributed by atoms with van der Waals surface area (Å²) in [5.74, 6) is -0.357. The number of amides is 2. The van der Waals surface area contributed by atoms with Crippen molar-refractivity contribution in [2.24, 2.45) is 5.92 Å². The smallest absolute Gasteiger partial charge is 0.317 e. The van der Waals surface area contributed by atoms with Gasteiger partial charge in [0.25, 0.3) is 0 Å². The van der Waals surface area contributed by atoms with Crippen molar-refractivity contribution < 1.29 is 14.7 Å². The summed E-state index contributed by atoms with van der Waals surface area (Å²) in [6, 6.07) is 0.202. The molecule has 1 atom stereocenters. The fraction of sp³-hybridized carbons (Fsp3) is 0.867. The van der Waals surface area contributed by atoms with Gasteiger partial charge >= 0.3 is 12.0 Å². The predicted molar refractivity (Wildman–Crippen MR) is 82.3 cm³/mol. The number of carbonyl (C=O) groups is 2. The topological polar surface area (TPSA) is 72.9 Å². The van der Waals surface area contributed by atoms with E-state index in [4.69, 9.17) is 5.11 Å². The first kappa shape index (κ1) is 17.8. The third-order valence-corrected chi connectivity index (χ3v) is 3.48. The van der Waals surface area contributed by atoms with Crippen molar-refractivity contribution in [3.8, 4) is 0 Å². The minimum Gasteiger partial charge on any atom is -0.481 e. The van der Waals surface area contributed by atoms with E-state index >= 15 is 0 Å². The van der Waals surface area contributed by atoms with Crippen LogP contribution < -0.4 is 5.32 Å². The predicted octanol–water partition coefficient (Wildman–Crippen LogP) is 1.61. The van der Waals surface area contributed by atoms with Crippen LogP contribution >= 0.6 is 0 Å². The van der Waals surface area contributed by atoms with E-state index in [1.807, 2.05) is 14.1 Å². The van der Waals surface area contributed by atoms with Crippen LogP contribution in [0.2, 0.25) is 0 Å². The van der Waals surface area contributed by atoms with Crippen LogP contribution in [0.5, 0.6) is 0 Å². The summed E-state index contributed by atoms with van der Waals surface area (Å²) >= 11 is 0. The van der Waals surface area contributed by atoms with Crippen LogP contribution in [0, 0.1) is 5.92 Å². The molecule has 1 rings (SSSR count). The van der Waals surface area contributed by atoms with Gasteiger partial charge in [-0.3, -0.25) is 4.79 Å². The lowest BCUT2D eigenvalue weighted by Gasteiger charge is -2.28. The molecule has 1 aliphatic carbocycles. The highest BCUT2D eigenvalue weighted by molar-refractivity contribution is 5.76. The second-order valence-corrected chi connectivity index (χ2v) is 6.61. The number of likely N-dealkylation sites (N-methyl/N-ethyl adjacent to an activating group) is 1. The van der Waals surface area contributed by atoms with E-state index in [0.717, 1.165) is 25.8 Å². The third kappa shape index (κ3) is 7.32. The van der Waals surface area contributed by atoms with Gasteiger partial charge in [0.05, 0.1) is 6.42 Å². The van der Waals surface area contributed by atoms with Crippen molar-refractivity contribution in [1.29, 1.82) is 0 Å². The average Bonchev–Trinajstić information content (AvgIpc) is 3.10. The van der Waals surface area contributed by atoms with E-state index in [0.29, 0.717) is 12.5 Å². The first-order valence-electron chi connectivity index (χ1n) is 7.73. The maximum Gasteiger partial charge on any atom is 0.317 e. The largest absolute Gasteiger partial charge is 0.481 e. The Morgan fingerprint density at radius 1 is 1.29 bits per heavy atom. The molecule has 0 heterocycles. The van der Waals surface area contributed by atoms with Crippen LogP contribution in [0.4, 0.5) is 4.79 Å². The fourth-order valence-corrected chi connectivity index (χ4v) is 2.50. The Bertz CT molecular complexity index is 344. The monoisotopic (exact) mass is 299 g/mol. The van der Waals surface area contributed by atoms with Crippen molar-refractivity contribution in [3.05, 3.63) is 0 Å². The normalized spacial score (nSPS) is 16.1. The average molecular weight is 299 g/mol. The second-order valence-electron chi connectivity index (χ2n) is 6.61. The minimum absolute atomic E-state index is 0.00640. The van der Waals surface area contributed by atoms with Crippen molar-refractivity contribution in [1.82, 2.24) is 15.1 Å². The van der Waals surface area contributed by atoms with E-state index in [1.54, 1.807) is 4.90 Å². The first-order valence-corrected chi connectivity index (χ1v) is 7.73. The summed E-state index contributed by atoms with van der Waals surface area (Å²) < 4.78 is 0. The fourth-order valence-electron chi connectivity index (χ4n) is 2.50. The Kier molecular flexibility index (Phi) is 6.95. The number of nitrogens with zero attached hydrogens (tertiary/aromatic N) is 2. The van der Waals surface area contributed by atoms with Crippen molar-refractivity contribution in [3.63, 3.8) is 0 Å². The highest BCUT2D eigenvalue weighted by Gasteiger charge is 2.33. The molecule has 0 radical (unpaired) electrons. The number of urea groups is 1. The Balaban J connectivity index is 2.57. The van der Waals surface area contributed by atoms with Crippen LogP contribution in [0.15, 0.2) is 0 Å². The van der Waals surface area contributed by atoms with E-state index in [1.165, 1.54) is 0 Å². The number of hydrogen-bond acceptors (Lipinski definition) is 3. The van der Waals surface area contributed by atoms with E-state index in [-0.39, 0.29) is 24.5 Å². The maximum atomic E-state index is 12.4. The van der Waals surface area contributed by atoms with E-state index in [9.17, 15) is 9.59 Å². The van der Waals surface area contributed by atoms with Gasteiger partial charge in [-0.15, -0.1) is 0 Å². The van der Waals surface area contributed by atoms with Crippen LogP contribution in [-0.2, 0) is 4.79 Å². The van der Waals surface area contributed by atoms with Gasteiger partial charge < -0.3 is 20.2 Å². The van der Waals surface area contributed by atoms with E-state index < -0.39 is 5.97 Å². The Morgan fingerprint density at radius 2 is 1.90 bits per heavy atom. The van der Waals surface area contributed by atoms with Crippen molar-refractivity contribution in [2.75, 3.05) is 27.2 Å². The lowest BCUT2D eigenvalue weighted by atomic mass is 10.0. The molecule has 6 heteroatoms. The quantitative estimate of drug-likeness (QED) is 0.678. The molecule has 0 aromatic rings. The number of carbonyl (C=O) groups excluding carboxylic acids is 1. The molecule has 2 amide bonds. The van der Waals surface area contributed by atoms with Crippen LogP contribution in [-0.4, -0.2) is 66.2 Å². The molecule has 1 aliphatic rings. The standard InChI is InChI=1S/C15H29N3O3/c1-11(2)9-12(10-17(3)4)16-15(21)18(13-5-6-13)8-7-14(19)20/h11-13H,5-10H2,1-4H3,(H,16,21)(H,19,20). The van der Waals surface area contributed by atoms with Crippen LogP contribution in [0.1, 0.15) is 39.5 Å².